The highest BCUT2D eigenvalue weighted by molar-refractivity contribution is 7.92. The maximum absolute atomic E-state index is 12.8. The number of amides is 1. The zero-order valence-electron chi connectivity index (χ0n) is 16.0. The van der Waals surface area contributed by atoms with Crippen LogP contribution in [0.1, 0.15) is 28.8 Å². The first-order chi connectivity index (χ1) is 12.9. The molecule has 2 aromatic rings. The quantitative estimate of drug-likeness (QED) is 0.774. The first-order valence-electron chi connectivity index (χ1n) is 9.05. The fourth-order valence-corrected chi connectivity index (χ4v) is 4.37. The predicted molar refractivity (Wildman–Crippen MR) is 114 cm³/mol. The van der Waals surface area contributed by atoms with Gasteiger partial charge in [0.05, 0.1) is 4.90 Å². The summed E-state index contributed by atoms with van der Waals surface area (Å²) < 4.78 is 28.0. The van der Waals surface area contributed by atoms with Gasteiger partial charge in [0.15, 0.2) is 0 Å². The monoisotopic (exact) mass is 423 g/mol. The molecule has 2 N–H and O–H groups in total. The molecular weight excluding hydrogens is 398 g/mol. The molecule has 0 spiro atoms. The molecule has 0 unspecified atom stereocenters. The second-order valence-electron chi connectivity index (χ2n) is 6.86. The number of piperidine rings is 1. The SMILES string of the molecule is CNC1CCN(C(=O)c2cccc(S(=O)(=O)Nc3cccc(C)c3)c2)CC1.Cl. The summed E-state index contributed by atoms with van der Waals surface area (Å²) in [5.41, 5.74) is 1.86. The second-order valence-corrected chi connectivity index (χ2v) is 8.54. The lowest BCUT2D eigenvalue weighted by molar-refractivity contribution is 0.0707. The van der Waals surface area contributed by atoms with E-state index in [0.29, 0.717) is 30.4 Å². The maximum atomic E-state index is 12.8. The molecule has 6 nitrogen and oxygen atoms in total. The lowest BCUT2D eigenvalue weighted by Crippen LogP contribution is -2.44. The Labute approximate surface area is 172 Å². The number of rotatable bonds is 5. The van der Waals surface area contributed by atoms with Crippen LogP contribution in [0.15, 0.2) is 53.4 Å². The third-order valence-electron chi connectivity index (χ3n) is 4.85. The van der Waals surface area contributed by atoms with E-state index in [-0.39, 0.29) is 23.2 Å². The number of hydrogen-bond donors (Lipinski definition) is 2. The summed E-state index contributed by atoms with van der Waals surface area (Å²) in [6.45, 7) is 3.24. The minimum absolute atomic E-state index is 0. The molecule has 0 radical (unpaired) electrons. The fourth-order valence-electron chi connectivity index (χ4n) is 3.27. The van der Waals surface area contributed by atoms with Crippen molar-refractivity contribution in [3.8, 4) is 0 Å². The molecule has 0 bridgehead atoms. The van der Waals surface area contributed by atoms with Crippen LogP contribution in [0.5, 0.6) is 0 Å². The molecule has 8 heteroatoms. The van der Waals surface area contributed by atoms with E-state index in [0.717, 1.165) is 18.4 Å². The van der Waals surface area contributed by atoms with Gasteiger partial charge in [0.25, 0.3) is 15.9 Å². The molecule has 0 atom stereocenters. The van der Waals surface area contributed by atoms with Gasteiger partial charge in [-0.1, -0.05) is 18.2 Å². The number of nitrogens with zero attached hydrogens (tertiary/aromatic N) is 1. The summed E-state index contributed by atoms with van der Waals surface area (Å²) in [6.07, 6.45) is 1.80. The standard InChI is InChI=1S/C20H25N3O3S.ClH/c1-15-5-3-7-18(13-15)22-27(25,26)19-8-4-6-16(14-19)20(24)23-11-9-17(21-2)10-12-23;/h3-8,13-14,17,21-22H,9-12H2,1-2H3;1H. The average Bonchev–Trinajstić information content (AvgIpc) is 2.67. The molecule has 0 aliphatic carbocycles. The van der Waals surface area contributed by atoms with E-state index in [1.165, 1.54) is 12.1 Å². The Kier molecular flexibility index (Phi) is 7.46. The number of likely N-dealkylation sites (tertiary alicyclic amines) is 1. The van der Waals surface area contributed by atoms with Crippen LogP contribution in [0.25, 0.3) is 0 Å². The normalized spacial score (nSPS) is 15.0. The van der Waals surface area contributed by atoms with Crippen molar-refractivity contribution in [2.45, 2.75) is 30.7 Å². The van der Waals surface area contributed by atoms with Crippen molar-refractivity contribution in [2.75, 3.05) is 24.9 Å². The molecule has 1 saturated heterocycles. The van der Waals surface area contributed by atoms with Crippen molar-refractivity contribution in [1.82, 2.24) is 10.2 Å². The van der Waals surface area contributed by atoms with Crippen LogP contribution in [0.2, 0.25) is 0 Å². The summed E-state index contributed by atoms with van der Waals surface area (Å²) in [6, 6.07) is 13.8. The van der Waals surface area contributed by atoms with Crippen LogP contribution in [0.4, 0.5) is 5.69 Å². The number of carbonyl (C=O) groups excluding carboxylic acids is 1. The fraction of sp³-hybridized carbons (Fsp3) is 0.350. The van der Waals surface area contributed by atoms with Gasteiger partial charge in [0.1, 0.15) is 0 Å². The van der Waals surface area contributed by atoms with Gasteiger partial charge in [0.2, 0.25) is 0 Å². The molecule has 2 aromatic carbocycles. The van der Waals surface area contributed by atoms with Crippen molar-refractivity contribution in [1.29, 1.82) is 0 Å². The highest BCUT2D eigenvalue weighted by Gasteiger charge is 2.24. The second kappa shape index (κ2) is 9.41. The Balaban J connectivity index is 0.00000280. The largest absolute Gasteiger partial charge is 0.339 e. The number of halogens is 1. The molecule has 3 rings (SSSR count). The highest BCUT2D eigenvalue weighted by atomic mass is 35.5. The van der Waals surface area contributed by atoms with Gasteiger partial charge in [-0.2, -0.15) is 0 Å². The predicted octanol–water partition coefficient (Wildman–Crippen LogP) is 3.04. The number of carbonyl (C=O) groups is 1. The Morgan fingerprint density at radius 3 is 2.39 bits per heavy atom. The molecule has 1 heterocycles. The maximum Gasteiger partial charge on any atom is 0.261 e. The number of benzene rings is 2. The highest BCUT2D eigenvalue weighted by Crippen LogP contribution is 2.20. The number of sulfonamides is 1. The molecule has 1 aliphatic rings. The van der Waals surface area contributed by atoms with Gasteiger partial charge in [0, 0.05) is 30.4 Å². The van der Waals surface area contributed by atoms with Crippen molar-refractivity contribution in [2.24, 2.45) is 0 Å². The Hall–Kier alpha value is -2.09. The number of aryl methyl sites for hydroxylation is 1. The van der Waals surface area contributed by atoms with Crippen molar-refractivity contribution in [3.63, 3.8) is 0 Å². The third kappa shape index (κ3) is 5.25. The van der Waals surface area contributed by atoms with Crippen molar-refractivity contribution in [3.05, 3.63) is 59.7 Å². The Morgan fingerprint density at radius 2 is 1.75 bits per heavy atom. The average molecular weight is 424 g/mol. The number of nitrogens with one attached hydrogen (secondary N) is 2. The Morgan fingerprint density at radius 1 is 1.07 bits per heavy atom. The summed E-state index contributed by atoms with van der Waals surface area (Å²) in [7, 11) is -1.83. The van der Waals surface area contributed by atoms with Gasteiger partial charge >= 0.3 is 0 Å². The lowest BCUT2D eigenvalue weighted by Gasteiger charge is -2.31. The van der Waals surface area contributed by atoms with Gasteiger partial charge in [-0.3, -0.25) is 9.52 Å². The van der Waals surface area contributed by atoms with Gasteiger partial charge in [-0.05, 0) is 62.7 Å². The molecule has 0 aromatic heterocycles. The number of anilines is 1. The van der Waals surface area contributed by atoms with Crippen LogP contribution in [-0.4, -0.2) is 45.4 Å². The van der Waals surface area contributed by atoms with Crippen molar-refractivity contribution < 1.29 is 13.2 Å². The first-order valence-corrected chi connectivity index (χ1v) is 10.5. The lowest BCUT2D eigenvalue weighted by atomic mass is 10.0. The molecule has 152 valence electrons. The third-order valence-corrected chi connectivity index (χ3v) is 6.23. The van der Waals surface area contributed by atoms with E-state index in [4.69, 9.17) is 0 Å². The van der Waals surface area contributed by atoms with Gasteiger partial charge < -0.3 is 10.2 Å². The zero-order valence-corrected chi connectivity index (χ0v) is 17.6. The van der Waals surface area contributed by atoms with E-state index in [9.17, 15) is 13.2 Å². The summed E-state index contributed by atoms with van der Waals surface area (Å²) in [4.78, 5) is 14.6. The van der Waals surface area contributed by atoms with Crippen LogP contribution in [-0.2, 0) is 10.0 Å². The van der Waals surface area contributed by atoms with Gasteiger partial charge in [-0.25, -0.2) is 8.42 Å². The molecule has 0 saturated carbocycles. The van der Waals surface area contributed by atoms with E-state index >= 15 is 0 Å². The van der Waals surface area contributed by atoms with Crippen LogP contribution in [0.3, 0.4) is 0 Å². The minimum Gasteiger partial charge on any atom is -0.339 e. The van der Waals surface area contributed by atoms with E-state index < -0.39 is 10.0 Å². The smallest absolute Gasteiger partial charge is 0.261 e. The molecular formula is C20H26ClN3O3S. The molecule has 1 aliphatic heterocycles. The van der Waals surface area contributed by atoms with E-state index in [1.807, 2.05) is 20.0 Å². The molecule has 28 heavy (non-hydrogen) atoms. The minimum atomic E-state index is -3.76. The first kappa shape index (κ1) is 22.2. The van der Waals surface area contributed by atoms with Crippen LogP contribution >= 0.6 is 12.4 Å². The van der Waals surface area contributed by atoms with E-state index in [2.05, 4.69) is 10.0 Å². The zero-order chi connectivity index (χ0) is 19.4. The molecule has 1 amide bonds. The summed E-state index contributed by atoms with van der Waals surface area (Å²) in [5, 5.41) is 3.23. The topological polar surface area (TPSA) is 78.5 Å². The Bertz CT molecular complexity index is 926. The van der Waals surface area contributed by atoms with Crippen LogP contribution < -0.4 is 10.0 Å². The molecule has 1 fully saturated rings. The van der Waals surface area contributed by atoms with E-state index in [1.54, 1.807) is 35.2 Å². The number of hydrogen-bond acceptors (Lipinski definition) is 4. The summed E-state index contributed by atoms with van der Waals surface area (Å²) in [5.74, 6) is -0.128. The van der Waals surface area contributed by atoms with Crippen LogP contribution in [0, 0.1) is 6.92 Å². The summed E-state index contributed by atoms with van der Waals surface area (Å²) >= 11 is 0. The van der Waals surface area contributed by atoms with Crippen molar-refractivity contribution >= 4 is 34.0 Å². The van der Waals surface area contributed by atoms with Gasteiger partial charge in [-0.15, -0.1) is 12.4 Å².